The second-order valence-corrected chi connectivity index (χ2v) is 13.2. The maximum Gasteiger partial charge on any atom is 0.459 e. The van der Waals surface area contributed by atoms with Crippen LogP contribution in [0, 0.1) is 24.2 Å². The zero-order chi connectivity index (χ0) is 33.2. The van der Waals surface area contributed by atoms with Gasteiger partial charge in [-0.05, 0) is 58.9 Å². The largest absolute Gasteiger partial charge is 0.462 e. The van der Waals surface area contributed by atoms with Gasteiger partial charge >= 0.3 is 19.7 Å². The van der Waals surface area contributed by atoms with E-state index in [-0.39, 0.29) is 11.4 Å². The van der Waals surface area contributed by atoms with Crippen LogP contribution in [-0.2, 0) is 38.5 Å². The molecule has 242 valence electrons. The summed E-state index contributed by atoms with van der Waals surface area (Å²) in [5, 5.41) is 29.4. The molecule has 0 unspecified atom stereocenters. The smallest absolute Gasteiger partial charge is 0.459 e. The van der Waals surface area contributed by atoms with Crippen LogP contribution in [0.5, 0.6) is 5.75 Å². The summed E-state index contributed by atoms with van der Waals surface area (Å²) in [4.78, 5) is 29.6. The number of benzene rings is 1. The van der Waals surface area contributed by atoms with Gasteiger partial charge in [0.2, 0.25) is 5.60 Å². The minimum Gasteiger partial charge on any atom is -0.462 e. The summed E-state index contributed by atoms with van der Waals surface area (Å²) >= 11 is 0. The third-order valence-electron chi connectivity index (χ3n) is 7.24. The number of carbonyl (C=O) groups is 2. The van der Waals surface area contributed by atoms with Crippen LogP contribution in [0.3, 0.4) is 0 Å². The summed E-state index contributed by atoms with van der Waals surface area (Å²) in [5.74, 6) is -1.80. The van der Waals surface area contributed by atoms with E-state index in [2.05, 4.69) is 21.2 Å². The number of hydrogen-bond donors (Lipinski definition) is 2. The molecular weight excluding hydrogens is 605 g/mol. The third kappa shape index (κ3) is 6.88. The molecule has 4 rings (SSSR count). The van der Waals surface area contributed by atoms with E-state index in [1.807, 2.05) is 0 Å². The molecule has 1 aromatic carbocycles. The number of esters is 2. The number of rotatable bonds is 12. The predicted octanol–water partition coefficient (Wildman–Crippen LogP) is 3.61. The van der Waals surface area contributed by atoms with Gasteiger partial charge in [-0.15, -0.1) is 0 Å². The highest BCUT2D eigenvalue weighted by Gasteiger charge is 2.67. The van der Waals surface area contributed by atoms with E-state index in [4.69, 9.17) is 23.3 Å². The first-order valence-electron chi connectivity index (χ1n) is 14.4. The third-order valence-corrected chi connectivity index (χ3v) is 8.89. The van der Waals surface area contributed by atoms with Crippen LogP contribution in [0.15, 0.2) is 48.8 Å². The van der Waals surface area contributed by atoms with Crippen LogP contribution < -0.4 is 9.61 Å². The molecule has 0 aliphatic carbocycles. The Balaban J connectivity index is 1.72. The van der Waals surface area contributed by atoms with Crippen molar-refractivity contribution in [1.82, 2.24) is 19.7 Å². The number of aryl methyl sites for hydroxylation is 1. The molecule has 1 saturated heterocycles. The predicted molar refractivity (Wildman–Crippen MR) is 160 cm³/mol. The zero-order valence-electron chi connectivity index (χ0n) is 26.2. The molecule has 2 aromatic heterocycles. The van der Waals surface area contributed by atoms with Gasteiger partial charge in [-0.3, -0.25) is 14.1 Å². The Morgan fingerprint density at radius 3 is 2.47 bits per heavy atom. The molecule has 1 aliphatic heterocycles. The molecule has 1 aliphatic rings. The van der Waals surface area contributed by atoms with E-state index in [1.165, 1.54) is 24.7 Å². The first-order valence-corrected chi connectivity index (χ1v) is 16.0. The lowest BCUT2D eigenvalue weighted by Crippen LogP contribution is -2.54. The average molecular weight is 644 g/mol. The van der Waals surface area contributed by atoms with Gasteiger partial charge in [-0.1, -0.05) is 32.0 Å². The molecule has 3 aromatic rings. The molecule has 0 saturated carbocycles. The fourth-order valence-corrected chi connectivity index (χ4v) is 6.39. The van der Waals surface area contributed by atoms with E-state index in [0.29, 0.717) is 11.2 Å². The van der Waals surface area contributed by atoms with E-state index < -0.39 is 67.8 Å². The van der Waals surface area contributed by atoms with Gasteiger partial charge in [-0.25, -0.2) is 14.1 Å². The number of nitrogens with one attached hydrogen (secondary N) is 1. The summed E-state index contributed by atoms with van der Waals surface area (Å²) < 4.78 is 44.3. The van der Waals surface area contributed by atoms with Crippen molar-refractivity contribution in [3.8, 4) is 11.8 Å². The lowest BCUT2D eigenvalue weighted by atomic mass is 9.80. The van der Waals surface area contributed by atoms with E-state index >= 15 is 0 Å². The van der Waals surface area contributed by atoms with Crippen LogP contribution in [0.4, 0.5) is 0 Å². The number of nitriles is 1. The number of ether oxygens (including phenoxy) is 3. The van der Waals surface area contributed by atoms with Crippen molar-refractivity contribution in [3.05, 3.63) is 60.2 Å². The van der Waals surface area contributed by atoms with Crippen LogP contribution in [0.2, 0.25) is 0 Å². The summed E-state index contributed by atoms with van der Waals surface area (Å²) in [6.07, 6.45) is -1.95. The highest BCUT2D eigenvalue weighted by molar-refractivity contribution is 7.52. The number of aromatic nitrogens is 3. The molecule has 0 bridgehead atoms. The van der Waals surface area contributed by atoms with Crippen LogP contribution in [0.1, 0.15) is 52.9 Å². The Hall–Kier alpha value is -3.86. The van der Waals surface area contributed by atoms with Crippen molar-refractivity contribution in [3.63, 3.8) is 0 Å². The molecule has 3 heterocycles. The topological polar surface area (TPSA) is 184 Å². The van der Waals surface area contributed by atoms with Crippen LogP contribution >= 0.6 is 7.75 Å². The standard InChI is InChI=1S/C30H38N5O9P/c1-18(2)27(36)42-26-24(43-30(16-31,29(26,7)38)25-14-13-23-20(5)32-17-33-35(23)25)15-40-45(39,44-22-11-9-8-10-12-22)34-21(6)28(37)41-19(3)4/h8-14,17-19,21,24,26,38H,15H2,1-7H3,(H,34,39)/t21-,24+,26+,29+,30-,45+/m0/s1. The molecule has 15 heteroatoms. The second kappa shape index (κ2) is 13.2. The monoisotopic (exact) mass is 643 g/mol. The first-order chi connectivity index (χ1) is 21.1. The number of aliphatic hydroxyl groups is 1. The van der Waals surface area contributed by atoms with Gasteiger partial charge in [0.1, 0.15) is 35.9 Å². The van der Waals surface area contributed by atoms with Crippen LogP contribution in [-0.4, -0.2) is 68.2 Å². The summed E-state index contributed by atoms with van der Waals surface area (Å²) in [5.41, 5.74) is -2.98. The van der Waals surface area contributed by atoms with E-state index in [0.717, 1.165) is 0 Å². The average Bonchev–Trinajstić information content (AvgIpc) is 3.50. The SMILES string of the molecule is Cc1ncnn2c([C@]3(C#N)O[C@H](CO[P@](=O)(N[C@@H](C)C(=O)OC(C)C)Oc4ccccc4)[C@@H](OC(=O)C(C)C)[C@@]3(C)O)ccc12. The van der Waals surface area contributed by atoms with Gasteiger partial charge in [0, 0.05) is 0 Å². The molecule has 0 amide bonds. The van der Waals surface area contributed by atoms with Crippen molar-refractivity contribution in [1.29, 1.82) is 5.26 Å². The molecule has 6 atom stereocenters. The van der Waals surface area contributed by atoms with Crippen molar-refractivity contribution in [2.45, 2.75) is 84.0 Å². The summed E-state index contributed by atoms with van der Waals surface area (Å²) in [6, 6.07) is 12.3. The van der Waals surface area contributed by atoms with Gasteiger partial charge in [0.05, 0.1) is 35.5 Å². The van der Waals surface area contributed by atoms with E-state index in [9.17, 15) is 24.5 Å². The Morgan fingerprint density at radius 1 is 1.16 bits per heavy atom. The zero-order valence-corrected chi connectivity index (χ0v) is 27.1. The van der Waals surface area contributed by atoms with Crippen LogP contribution in [0.25, 0.3) is 5.52 Å². The first kappa shape index (κ1) is 34.0. The number of para-hydroxylation sites is 1. The number of hydrogen-bond acceptors (Lipinski definition) is 12. The van der Waals surface area contributed by atoms with Crippen molar-refractivity contribution in [2.75, 3.05) is 6.61 Å². The van der Waals surface area contributed by atoms with Gasteiger partial charge in [-0.2, -0.15) is 15.4 Å². The quantitative estimate of drug-likeness (QED) is 0.216. The highest BCUT2D eigenvalue weighted by Crippen LogP contribution is 2.51. The van der Waals surface area contributed by atoms with Gasteiger partial charge in [0.25, 0.3) is 0 Å². The molecule has 14 nitrogen and oxygen atoms in total. The Kier molecular flexibility index (Phi) is 10.0. The number of carbonyl (C=O) groups excluding carboxylic acids is 2. The Labute approximate surface area is 261 Å². The van der Waals surface area contributed by atoms with Gasteiger partial charge < -0.3 is 23.8 Å². The minimum absolute atomic E-state index is 0.149. The minimum atomic E-state index is -4.39. The maximum atomic E-state index is 14.1. The van der Waals surface area contributed by atoms with Crippen molar-refractivity contribution >= 4 is 25.2 Å². The molecule has 2 N–H and O–H groups in total. The van der Waals surface area contributed by atoms with Crippen molar-refractivity contribution < 1.29 is 42.5 Å². The molecule has 1 fully saturated rings. The fourth-order valence-electron chi connectivity index (χ4n) is 4.89. The molecule has 45 heavy (non-hydrogen) atoms. The lowest BCUT2D eigenvalue weighted by molar-refractivity contribution is -0.168. The molecule has 0 spiro atoms. The fraction of sp³-hybridized carbons (Fsp3) is 0.500. The summed E-state index contributed by atoms with van der Waals surface area (Å²) in [6.45, 7) is 10.5. The summed E-state index contributed by atoms with van der Waals surface area (Å²) in [7, 11) is -4.39. The second-order valence-electron chi connectivity index (χ2n) is 11.5. The highest BCUT2D eigenvalue weighted by atomic mass is 31.2. The van der Waals surface area contributed by atoms with E-state index in [1.54, 1.807) is 77.1 Å². The number of fused-ring (bicyclic) bond motifs is 1. The molecule has 0 radical (unpaired) electrons. The van der Waals surface area contributed by atoms with Gasteiger partial charge in [0.15, 0.2) is 6.10 Å². The maximum absolute atomic E-state index is 14.1. The Bertz CT molecular complexity index is 1620. The normalized spacial score (nSPS) is 25.1. The Morgan fingerprint density at radius 2 is 1.84 bits per heavy atom. The number of nitrogens with zero attached hydrogens (tertiary/aromatic N) is 4. The van der Waals surface area contributed by atoms with Crippen molar-refractivity contribution in [2.24, 2.45) is 5.92 Å². The lowest BCUT2D eigenvalue weighted by Gasteiger charge is -2.34. The molecular formula is C30H38N5O9P.